The molecule has 0 saturated heterocycles. The van der Waals surface area contributed by atoms with E-state index < -0.39 is 0 Å². The Hall–Kier alpha value is -0.540. The minimum Gasteiger partial charge on any atom is -0.496 e. The molecule has 1 aliphatic carbocycles. The van der Waals surface area contributed by atoms with Gasteiger partial charge in [-0.15, -0.1) is 0 Å². The first-order chi connectivity index (χ1) is 9.80. The molecule has 1 aliphatic rings. The number of alkyl halides is 1. The minimum atomic E-state index is 0.0725. The van der Waals surface area contributed by atoms with Crippen LogP contribution in [0.3, 0.4) is 0 Å². The predicted molar refractivity (Wildman–Crippen MR) is 86.7 cm³/mol. The Morgan fingerprint density at radius 3 is 2.70 bits per heavy atom. The van der Waals surface area contributed by atoms with Crippen molar-refractivity contribution in [2.45, 2.75) is 51.2 Å². The van der Waals surface area contributed by atoms with Crippen molar-refractivity contribution in [3.63, 3.8) is 0 Å². The van der Waals surface area contributed by atoms with Gasteiger partial charge in [0.25, 0.3) is 0 Å². The minimum absolute atomic E-state index is 0.0725. The quantitative estimate of drug-likeness (QED) is 0.669. The number of hydrogen-bond donors (Lipinski definition) is 0. The second kappa shape index (κ2) is 8.04. The summed E-state index contributed by atoms with van der Waals surface area (Å²) < 4.78 is 11.9. The van der Waals surface area contributed by atoms with Crippen molar-refractivity contribution in [1.29, 1.82) is 0 Å². The second-order valence-electron chi connectivity index (χ2n) is 5.51. The first kappa shape index (κ1) is 15.8. The molecule has 1 aromatic rings. The molecule has 2 nitrogen and oxygen atoms in total. The molecule has 1 fully saturated rings. The van der Waals surface area contributed by atoms with Crippen LogP contribution in [-0.2, 0) is 4.74 Å². The van der Waals surface area contributed by atoms with Gasteiger partial charge in [0.15, 0.2) is 0 Å². The van der Waals surface area contributed by atoms with E-state index in [0.717, 1.165) is 16.6 Å². The molecule has 20 heavy (non-hydrogen) atoms. The van der Waals surface area contributed by atoms with E-state index >= 15 is 0 Å². The molecular formula is C17H25BrO2. The van der Waals surface area contributed by atoms with Crippen LogP contribution in [0, 0.1) is 5.92 Å². The number of ether oxygens (including phenoxy) is 2. The lowest BCUT2D eigenvalue weighted by Crippen LogP contribution is -2.29. The van der Waals surface area contributed by atoms with Crippen LogP contribution in [0.2, 0.25) is 0 Å². The maximum atomic E-state index is 6.45. The number of halogens is 1. The van der Waals surface area contributed by atoms with E-state index in [4.69, 9.17) is 9.47 Å². The van der Waals surface area contributed by atoms with E-state index in [9.17, 15) is 0 Å². The fourth-order valence-corrected chi connectivity index (χ4v) is 3.66. The predicted octanol–water partition coefficient (Wildman–Crippen LogP) is 5.12. The van der Waals surface area contributed by atoms with Crippen LogP contribution in [0.4, 0.5) is 0 Å². The van der Waals surface area contributed by atoms with Gasteiger partial charge in [-0.2, -0.15) is 0 Å². The molecule has 0 radical (unpaired) electrons. The van der Waals surface area contributed by atoms with E-state index in [1.807, 2.05) is 12.1 Å². The Morgan fingerprint density at radius 1 is 1.25 bits per heavy atom. The van der Waals surface area contributed by atoms with Gasteiger partial charge in [0.1, 0.15) is 5.75 Å². The summed E-state index contributed by atoms with van der Waals surface area (Å²) in [7, 11) is 1.72. The Morgan fingerprint density at radius 2 is 2.00 bits per heavy atom. The zero-order chi connectivity index (χ0) is 14.4. The molecule has 3 unspecified atom stereocenters. The lowest BCUT2D eigenvalue weighted by atomic mass is 9.84. The Bertz CT molecular complexity index is 408. The molecule has 0 spiro atoms. The molecule has 0 N–H and O–H groups in total. The van der Waals surface area contributed by atoms with Gasteiger partial charge in [0.05, 0.1) is 19.3 Å². The summed E-state index contributed by atoms with van der Waals surface area (Å²) in [6.07, 6.45) is 6.82. The maximum Gasteiger partial charge on any atom is 0.124 e. The molecule has 3 atom stereocenters. The molecule has 2 rings (SSSR count). The van der Waals surface area contributed by atoms with Crippen LogP contribution in [0.5, 0.6) is 5.75 Å². The van der Waals surface area contributed by atoms with E-state index in [0.29, 0.717) is 12.0 Å². The van der Waals surface area contributed by atoms with Gasteiger partial charge < -0.3 is 9.47 Å². The SMILES string of the molecule is CCC1CCCCC1OC(CBr)c1ccccc1OC. The van der Waals surface area contributed by atoms with Crippen molar-refractivity contribution < 1.29 is 9.47 Å². The molecular weight excluding hydrogens is 316 g/mol. The Kier molecular flexibility index (Phi) is 6.37. The van der Waals surface area contributed by atoms with Crippen LogP contribution in [0.15, 0.2) is 24.3 Å². The number of hydrogen-bond acceptors (Lipinski definition) is 2. The van der Waals surface area contributed by atoms with Gasteiger partial charge in [-0.3, -0.25) is 0 Å². The van der Waals surface area contributed by atoms with Gasteiger partial charge in [-0.25, -0.2) is 0 Å². The fourth-order valence-electron chi connectivity index (χ4n) is 3.16. The van der Waals surface area contributed by atoms with Gasteiger partial charge in [-0.1, -0.05) is 60.3 Å². The lowest BCUT2D eigenvalue weighted by molar-refractivity contribution is -0.0530. The Labute approximate surface area is 131 Å². The van der Waals surface area contributed by atoms with Crippen LogP contribution < -0.4 is 4.74 Å². The van der Waals surface area contributed by atoms with Crippen molar-refractivity contribution in [3.8, 4) is 5.75 Å². The number of para-hydroxylation sites is 1. The molecule has 3 heteroatoms. The zero-order valence-electron chi connectivity index (χ0n) is 12.5. The standard InChI is InChI=1S/C17H25BrO2/c1-3-13-8-4-6-10-15(13)20-17(12-18)14-9-5-7-11-16(14)19-2/h5,7,9,11,13,15,17H,3-4,6,8,10,12H2,1-2H3. The molecule has 0 aliphatic heterocycles. The summed E-state index contributed by atoms with van der Waals surface area (Å²) >= 11 is 3.60. The molecule has 1 aromatic carbocycles. The highest BCUT2D eigenvalue weighted by Crippen LogP contribution is 2.36. The summed E-state index contributed by atoms with van der Waals surface area (Å²) in [5.74, 6) is 1.63. The van der Waals surface area contributed by atoms with Crippen molar-refractivity contribution in [2.24, 2.45) is 5.92 Å². The van der Waals surface area contributed by atoms with E-state index in [1.54, 1.807) is 7.11 Å². The van der Waals surface area contributed by atoms with E-state index in [2.05, 4.69) is 35.0 Å². The van der Waals surface area contributed by atoms with Gasteiger partial charge in [0, 0.05) is 10.9 Å². The average Bonchev–Trinajstić information content (AvgIpc) is 2.53. The van der Waals surface area contributed by atoms with Crippen molar-refractivity contribution in [3.05, 3.63) is 29.8 Å². The summed E-state index contributed by atoms with van der Waals surface area (Å²) in [6, 6.07) is 8.17. The molecule has 0 aromatic heterocycles. The topological polar surface area (TPSA) is 18.5 Å². The third kappa shape index (κ3) is 3.76. The Balaban J connectivity index is 2.11. The van der Waals surface area contributed by atoms with Crippen LogP contribution in [0.25, 0.3) is 0 Å². The normalized spacial score (nSPS) is 24.4. The maximum absolute atomic E-state index is 6.45. The van der Waals surface area contributed by atoms with E-state index in [1.165, 1.54) is 32.1 Å². The van der Waals surface area contributed by atoms with Crippen molar-refractivity contribution >= 4 is 15.9 Å². The van der Waals surface area contributed by atoms with Crippen molar-refractivity contribution in [2.75, 3.05) is 12.4 Å². The molecule has 0 bridgehead atoms. The van der Waals surface area contributed by atoms with Gasteiger partial charge in [-0.05, 0) is 24.8 Å². The van der Waals surface area contributed by atoms with Crippen LogP contribution >= 0.6 is 15.9 Å². The van der Waals surface area contributed by atoms with Crippen LogP contribution in [-0.4, -0.2) is 18.5 Å². The first-order valence-corrected chi connectivity index (χ1v) is 8.76. The summed E-state index contributed by atoms with van der Waals surface area (Å²) in [5, 5.41) is 0.806. The number of benzene rings is 1. The highest BCUT2D eigenvalue weighted by molar-refractivity contribution is 9.09. The van der Waals surface area contributed by atoms with Gasteiger partial charge in [0.2, 0.25) is 0 Å². The molecule has 0 heterocycles. The molecule has 0 amide bonds. The third-order valence-corrected chi connectivity index (χ3v) is 4.92. The average molecular weight is 341 g/mol. The molecule has 1 saturated carbocycles. The molecule has 112 valence electrons. The summed E-state index contributed by atoms with van der Waals surface area (Å²) in [6.45, 7) is 2.28. The second-order valence-corrected chi connectivity index (χ2v) is 6.16. The number of rotatable bonds is 6. The number of methoxy groups -OCH3 is 1. The van der Waals surface area contributed by atoms with Gasteiger partial charge >= 0.3 is 0 Å². The summed E-state index contributed by atoms with van der Waals surface area (Å²) in [5.41, 5.74) is 1.15. The first-order valence-electron chi connectivity index (χ1n) is 7.64. The smallest absolute Gasteiger partial charge is 0.124 e. The highest BCUT2D eigenvalue weighted by Gasteiger charge is 2.28. The van der Waals surface area contributed by atoms with Crippen molar-refractivity contribution in [1.82, 2.24) is 0 Å². The monoisotopic (exact) mass is 340 g/mol. The highest BCUT2D eigenvalue weighted by atomic mass is 79.9. The third-order valence-electron chi connectivity index (χ3n) is 4.33. The van der Waals surface area contributed by atoms with E-state index in [-0.39, 0.29) is 6.10 Å². The fraction of sp³-hybridized carbons (Fsp3) is 0.647. The summed E-state index contributed by atoms with van der Waals surface area (Å²) in [4.78, 5) is 0. The largest absolute Gasteiger partial charge is 0.496 e. The van der Waals surface area contributed by atoms with Crippen LogP contribution in [0.1, 0.15) is 50.7 Å². The lowest BCUT2D eigenvalue weighted by Gasteiger charge is -2.34. The zero-order valence-corrected chi connectivity index (χ0v) is 14.1.